The number of nitrogens with zero attached hydrogens (tertiary/aromatic N) is 3. The number of hydrogen-bond donors (Lipinski definition) is 1. The van der Waals surface area contributed by atoms with E-state index < -0.39 is 0 Å². The van der Waals surface area contributed by atoms with Gasteiger partial charge in [-0.2, -0.15) is 0 Å². The summed E-state index contributed by atoms with van der Waals surface area (Å²) in [5.41, 5.74) is 2.19. The molecule has 1 amide bonds. The largest absolute Gasteiger partial charge is 0.489 e. The number of rotatable bonds is 8. The highest BCUT2D eigenvalue weighted by molar-refractivity contribution is 7.15. The third kappa shape index (κ3) is 4.36. The number of aryl methyl sites for hydroxylation is 1. The third-order valence-electron chi connectivity index (χ3n) is 5.19. The summed E-state index contributed by atoms with van der Waals surface area (Å²) in [6.07, 6.45) is 4.74. The van der Waals surface area contributed by atoms with Crippen molar-refractivity contribution in [2.75, 3.05) is 5.32 Å². The van der Waals surface area contributed by atoms with Gasteiger partial charge in [-0.1, -0.05) is 41.7 Å². The molecular formula is C23H22N4O2S. The number of anilines is 1. The minimum atomic E-state index is -0.0492. The molecule has 0 aliphatic heterocycles. The van der Waals surface area contributed by atoms with Gasteiger partial charge in [-0.15, -0.1) is 10.2 Å². The average molecular weight is 419 g/mol. The molecule has 4 aromatic rings. The van der Waals surface area contributed by atoms with Crippen LogP contribution in [0.15, 0.2) is 60.8 Å². The second-order valence-corrected chi connectivity index (χ2v) is 8.53. The van der Waals surface area contributed by atoms with Crippen molar-refractivity contribution in [1.29, 1.82) is 0 Å². The van der Waals surface area contributed by atoms with E-state index in [1.165, 1.54) is 24.2 Å². The lowest BCUT2D eigenvalue weighted by Gasteiger charge is -2.09. The maximum atomic E-state index is 12.4. The normalized spacial score (nSPS) is 13.5. The predicted octanol–water partition coefficient (Wildman–Crippen LogP) is 4.98. The summed E-state index contributed by atoms with van der Waals surface area (Å²) < 4.78 is 8.03. The third-order valence-corrected chi connectivity index (χ3v) is 6.19. The van der Waals surface area contributed by atoms with Gasteiger partial charge in [0.2, 0.25) is 11.0 Å². The maximum absolute atomic E-state index is 12.4. The van der Waals surface area contributed by atoms with E-state index in [2.05, 4.69) is 26.1 Å². The molecule has 0 radical (unpaired) electrons. The molecule has 0 bridgehead atoms. The Hall–Kier alpha value is -3.19. The highest BCUT2D eigenvalue weighted by atomic mass is 32.1. The Bertz CT molecular complexity index is 1160. The van der Waals surface area contributed by atoms with Crippen LogP contribution in [0.4, 0.5) is 5.13 Å². The number of benzene rings is 2. The van der Waals surface area contributed by atoms with Crippen molar-refractivity contribution in [2.24, 2.45) is 0 Å². The first-order chi connectivity index (χ1) is 14.7. The minimum Gasteiger partial charge on any atom is -0.489 e. The number of amides is 1. The van der Waals surface area contributed by atoms with Gasteiger partial charge in [0.05, 0.1) is 5.52 Å². The van der Waals surface area contributed by atoms with E-state index in [1.807, 2.05) is 54.7 Å². The molecule has 1 aliphatic rings. The van der Waals surface area contributed by atoms with E-state index in [4.69, 9.17) is 4.74 Å². The van der Waals surface area contributed by atoms with Crippen molar-refractivity contribution in [3.8, 4) is 5.75 Å². The summed E-state index contributed by atoms with van der Waals surface area (Å²) in [4.78, 5) is 12.4. The Morgan fingerprint density at radius 3 is 2.83 bits per heavy atom. The minimum absolute atomic E-state index is 0.0492. The molecule has 1 fully saturated rings. The Morgan fingerprint density at radius 2 is 2.00 bits per heavy atom. The summed E-state index contributed by atoms with van der Waals surface area (Å²) in [6.45, 7) is 1.12. The van der Waals surface area contributed by atoms with E-state index in [0.717, 1.165) is 27.2 Å². The van der Waals surface area contributed by atoms with Crippen LogP contribution in [-0.4, -0.2) is 20.7 Å². The van der Waals surface area contributed by atoms with Gasteiger partial charge in [0.15, 0.2) is 0 Å². The average Bonchev–Trinajstić information content (AvgIpc) is 3.39. The van der Waals surface area contributed by atoms with Gasteiger partial charge in [0.25, 0.3) is 0 Å². The Morgan fingerprint density at radius 1 is 1.13 bits per heavy atom. The lowest BCUT2D eigenvalue weighted by Crippen LogP contribution is -2.14. The van der Waals surface area contributed by atoms with E-state index in [1.54, 1.807) is 0 Å². The van der Waals surface area contributed by atoms with Crippen LogP contribution < -0.4 is 10.1 Å². The molecule has 0 spiro atoms. The Kier molecular flexibility index (Phi) is 5.19. The highest BCUT2D eigenvalue weighted by Gasteiger charge is 2.27. The fraction of sp³-hybridized carbons (Fsp3) is 0.261. The molecule has 30 heavy (non-hydrogen) atoms. The molecule has 152 valence electrons. The smallest absolute Gasteiger partial charge is 0.227 e. The molecule has 5 rings (SSSR count). The molecule has 1 saturated carbocycles. The molecule has 0 unspecified atom stereocenters. The number of hydrogen-bond acceptors (Lipinski definition) is 5. The van der Waals surface area contributed by atoms with Gasteiger partial charge in [-0.05, 0) is 42.0 Å². The van der Waals surface area contributed by atoms with Gasteiger partial charge in [0.1, 0.15) is 17.4 Å². The monoisotopic (exact) mass is 418 g/mol. The number of carbonyl (C=O) groups is 1. The molecule has 0 atom stereocenters. The zero-order valence-corrected chi connectivity index (χ0v) is 17.3. The Labute approximate surface area is 178 Å². The maximum Gasteiger partial charge on any atom is 0.227 e. The first-order valence-electron chi connectivity index (χ1n) is 10.1. The van der Waals surface area contributed by atoms with Gasteiger partial charge in [-0.3, -0.25) is 4.79 Å². The van der Waals surface area contributed by atoms with Gasteiger partial charge < -0.3 is 14.6 Å². The molecule has 1 N–H and O–H groups in total. The molecule has 2 heterocycles. The van der Waals surface area contributed by atoms with Crippen LogP contribution in [-0.2, 0) is 17.9 Å². The highest BCUT2D eigenvalue weighted by Crippen LogP contribution is 2.42. The van der Waals surface area contributed by atoms with Gasteiger partial charge in [-0.25, -0.2) is 0 Å². The lowest BCUT2D eigenvalue weighted by atomic mass is 10.2. The van der Waals surface area contributed by atoms with Crippen LogP contribution in [0.3, 0.4) is 0 Å². The molecule has 0 saturated heterocycles. The van der Waals surface area contributed by atoms with E-state index in [0.29, 0.717) is 30.6 Å². The van der Waals surface area contributed by atoms with Crippen LogP contribution >= 0.6 is 11.3 Å². The molecule has 2 aromatic carbocycles. The first-order valence-corrected chi connectivity index (χ1v) is 10.9. The van der Waals surface area contributed by atoms with Crippen LogP contribution in [0.1, 0.15) is 35.8 Å². The number of fused-ring (bicyclic) bond motifs is 1. The molecular weight excluding hydrogens is 396 g/mol. The van der Waals surface area contributed by atoms with Crippen molar-refractivity contribution < 1.29 is 9.53 Å². The summed E-state index contributed by atoms with van der Waals surface area (Å²) >= 11 is 1.49. The topological polar surface area (TPSA) is 69.0 Å². The van der Waals surface area contributed by atoms with E-state index >= 15 is 0 Å². The Balaban J connectivity index is 1.20. The number of nitrogens with one attached hydrogen (secondary N) is 1. The zero-order chi connectivity index (χ0) is 20.3. The van der Waals surface area contributed by atoms with Crippen LogP contribution in [0.5, 0.6) is 5.75 Å². The van der Waals surface area contributed by atoms with Crippen LogP contribution in [0.2, 0.25) is 0 Å². The van der Waals surface area contributed by atoms with Crippen LogP contribution in [0.25, 0.3) is 10.9 Å². The van der Waals surface area contributed by atoms with E-state index in [9.17, 15) is 4.79 Å². The summed E-state index contributed by atoms with van der Waals surface area (Å²) in [5.74, 6) is 1.32. The predicted molar refractivity (Wildman–Crippen MR) is 118 cm³/mol. The summed E-state index contributed by atoms with van der Waals surface area (Å²) in [6, 6.07) is 18.2. The SMILES string of the molecule is O=C(CCn1ccc2ccc(OCc3ccccc3)cc21)Nc1nnc(C2CC2)s1. The second kappa shape index (κ2) is 8.28. The molecule has 6 nitrogen and oxygen atoms in total. The zero-order valence-electron chi connectivity index (χ0n) is 16.5. The fourth-order valence-corrected chi connectivity index (χ4v) is 4.30. The molecule has 1 aliphatic carbocycles. The lowest BCUT2D eigenvalue weighted by molar-refractivity contribution is -0.116. The van der Waals surface area contributed by atoms with Crippen molar-refractivity contribution in [1.82, 2.24) is 14.8 Å². The fourth-order valence-electron chi connectivity index (χ4n) is 3.37. The van der Waals surface area contributed by atoms with Crippen molar-refractivity contribution >= 4 is 33.3 Å². The summed E-state index contributed by atoms with van der Waals surface area (Å²) in [7, 11) is 0. The van der Waals surface area contributed by atoms with Crippen LogP contribution in [0, 0.1) is 0 Å². The van der Waals surface area contributed by atoms with Gasteiger partial charge in [0, 0.05) is 31.1 Å². The standard InChI is InChI=1S/C23H22N4O2S/c28-21(24-23-26-25-22(30-23)18-6-7-18)11-13-27-12-10-17-8-9-19(14-20(17)27)29-15-16-4-2-1-3-5-16/h1-5,8-10,12,14,18H,6-7,11,13,15H2,(H,24,26,28). The number of ether oxygens (including phenoxy) is 1. The van der Waals surface area contributed by atoms with E-state index in [-0.39, 0.29) is 5.91 Å². The second-order valence-electron chi connectivity index (χ2n) is 7.52. The molecule has 7 heteroatoms. The molecule has 2 aromatic heterocycles. The van der Waals surface area contributed by atoms with Gasteiger partial charge >= 0.3 is 0 Å². The number of carbonyl (C=O) groups excluding carboxylic acids is 1. The summed E-state index contributed by atoms with van der Waals surface area (Å²) in [5, 5.41) is 13.9. The van der Waals surface area contributed by atoms with Crippen molar-refractivity contribution in [2.45, 2.75) is 38.3 Å². The first kappa shape index (κ1) is 18.8. The van der Waals surface area contributed by atoms with Crippen molar-refractivity contribution in [3.05, 3.63) is 71.4 Å². The quantitative estimate of drug-likeness (QED) is 0.438. The number of aromatic nitrogens is 3. The van der Waals surface area contributed by atoms with Crippen molar-refractivity contribution in [3.63, 3.8) is 0 Å².